The maximum atomic E-state index is 12.4. The smallest absolute Gasteiger partial charge is 0.345 e. The second kappa shape index (κ2) is 7.36. The molecule has 0 saturated heterocycles. The minimum absolute atomic E-state index is 0.279. The predicted octanol–water partition coefficient (Wildman–Crippen LogP) is 4.08. The highest BCUT2D eigenvalue weighted by Gasteiger charge is 2.12. The highest BCUT2D eigenvalue weighted by atomic mass is 16.5. The van der Waals surface area contributed by atoms with Crippen molar-refractivity contribution in [2.45, 2.75) is 0 Å². The van der Waals surface area contributed by atoms with Crippen molar-refractivity contribution >= 4 is 16.9 Å². The molecule has 2 aromatic carbocycles. The third-order valence-corrected chi connectivity index (χ3v) is 4.22. The van der Waals surface area contributed by atoms with Crippen molar-refractivity contribution in [2.75, 3.05) is 7.11 Å². The fraction of sp³-hybridized carbons (Fsp3) is 0.0455. The number of carbonyl (C=O) groups excluding carboxylic acids is 1. The van der Waals surface area contributed by atoms with E-state index in [-0.39, 0.29) is 5.75 Å². The molecule has 0 bridgehead atoms. The molecule has 4 rings (SSSR count). The SMILES string of the molecule is COc1ccc(-c2cc3ccc(OC(=O)c4cccnc4)cc3oc2=O)cc1. The predicted molar refractivity (Wildman–Crippen MR) is 104 cm³/mol. The third-order valence-electron chi connectivity index (χ3n) is 4.22. The van der Waals surface area contributed by atoms with Gasteiger partial charge in [-0.25, -0.2) is 9.59 Å². The van der Waals surface area contributed by atoms with Crippen LogP contribution in [0.1, 0.15) is 10.4 Å². The van der Waals surface area contributed by atoms with Gasteiger partial charge in [-0.3, -0.25) is 4.98 Å². The zero-order valence-electron chi connectivity index (χ0n) is 14.9. The van der Waals surface area contributed by atoms with Gasteiger partial charge < -0.3 is 13.9 Å². The second-order valence-electron chi connectivity index (χ2n) is 6.01. The van der Waals surface area contributed by atoms with E-state index < -0.39 is 11.6 Å². The molecule has 0 amide bonds. The van der Waals surface area contributed by atoms with Gasteiger partial charge in [-0.1, -0.05) is 12.1 Å². The van der Waals surface area contributed by atoms with Crippen LogP contribution < -0.4 is 15.1 Å². The number of ether oxygens (including phenoxy) is 2. The first-order valence-electron chi connectivity index (χ1n) is 8.48. The fourth-order valence-electron chi connectivity index (χ4n) is 2.78. The minimum atomic E-state index is -0.537. The van der Waals surface area contributed by atoms with Crippen LogP contribution in [-0.2, 0) is 0 Å². The van der Waals surface area contributed by atoms with E-state index in [0.717, 1.165) is 5.56 Å². The van der Waals surface area contributed by atoms with Gasteiger partial charge in [0.15, 0.2) is 0 Å². The molecule has 0 saturated carbocycles. The zero-order chi connectivity index (χ0) is 19.5. The van der Waals surface area contributed by atoms with Gasteiger partial charge in [0.05, 0.1) is 18.2 Å². The van der Waals surface area contributed by atoms with Crippen molar-refractivity contribution in [3.63, 3.8) is 0 Å². The van der Waals surface area contributed by atoms with Crippen molar-refractivity contribution in [1.82, 2.24) is 4.98 Å². The lowest BCUT2D eigenvalue weighted by Gasteiger charge is -2.07. The van der Waals surface area contributed by atoms with Crippen LogP contribution in [0.15, 0.2) is 82.3 Å². The van der Waals surface area contributed by atoms with Crippen LogP contribution in [0.25, 0.3) is 22.1 Å². The summed E-state index contributed by atoms with van der Waals surface area (Å²) >= 11 is 0. The zero-order valence-corrected chi connectivity index (χ0v) is 14.9. The van der Waals surface area contributed by atoms with Crippen LogP contribution in [0, 0.1) is 0 Å². The van der Waals surface area contributed by atoms with E-state index in [0.29, 0.717) is 27.8 Å². The van der Waals surface area contributed by atoms with E-state index >= 15 is 0 Å². The fourth-order valence-corrected chi connectivity index (χ4v) is 2.78. The van der Waals surface area contributed by atoms with Gasteiger partial charge in [-0.15, -0.1) is 0 Å². The summed E-state index contributed by atoms with van der Waals surface area (Å²) in [5.74, 6) is 0.445. The molecule has 0 radical (unpaired) electrons. The molecule has 2 aromatic heterocycles. The molecule has 0 spiro atoms. The Bertz CT molecular complexity index is 1200. The Morgan fingerprint density at radius 3 is 2.50 bits per heavy atom. The Kier molecular flexibility index (Phi) is 4.60. The van der Waals surface area contributed by atoms with Crippen LogP contribution in [0.4, 0.5) is 0 Å². The molecule has 6 heteroatoms. The number of hydrogen-bond acceptors (Lipinski definition) is 6. The first-order valence-corrected chi connectivity index (χ1v) is 8.48. The van der Waals surface area contributed by atoms with Gasteiger partial charge in [0.2, 0.25) is 0 Å². The number of benzene rings is 2. The Hall–Kier alpha value is -3.93. The van der Waals surface area contributed by atoms with Crippen LogP contribution in [0.3, 0.4) is 0 Å². The molecule has 2 heterocycles. The Morgan fingerprint density at radius 2 is 1.79 bits per heavy atom. The van der Waals surface area contributed by atoms with Crippen LogP contribution in [-0.4, -0.2) is 18.1 Å². The molecule has 6 nitrogen and oxygen atoms in total. The maximum Gasteiger partial charge on any atom is 0.345 e. The quantitative estimate of drug-likeness (QED) is 0.305. The molecule has 0 aliphatic heterocycles. The molecule has 0 aliphatic carbocycles. The Morgan fingerprint density at radius 1 is 1.00 bits per heavy atom. The normalized spacial score (nSPS) is 10.6. The summed E-state index contributed by atoms with van der Waals surface area (Å²) in [6.45, 7) is 0. The van der Waals surface area contributed by atoms with Crippen molar-refractivity contribution in [3.8, 4) is 22.6 Å². The highest BCUT2D eigenvalue weighted by Crippen LogP contribution is 2.26. The number of nitrogens with zero attached hydrogens (tertiary/aromatic N) is 1. The summed E-state index contributed by atoms with van der Waals surface area (Å²) in [4.78, 5) is 28.5. The Balaban J connectivity index is 1.65. The van der Waals surface area contributed by atoms with Crippen molar-refractivity contribution < 1.29 is 18.7 Å². The average Bonchev–Trinajstić information content (AvgIpc) is 2.74. The number of methoxy groups -OCH3 is 1. The van der Waals surface area contributed by atoms with Gasteiger partial charge in [0.25, 0.3) is 0 Å². The molecule has 0 aliphatic rings. The van der Waals surface area contributed by atoms with E-state index in [1.807, 2.05) is 0 Å². The summed E-state index contributed by atoms with van der Waals surface area (Å²) in [6.07, 6.45) is 2.99. The van der Waals surface area contributed by atoms with Gasteiger partial charge in [-0.2, -0.15) is 0 Å². The monoisotopic (exact) mass is 373 g/mol. The molecule has 0 fully saturated rings. The second-order valence-corrected chi connectivity index (χ2v) is 6.01. The van der Waals surface area contributed by atoms with E-state index in [1.165, 1.54) is 12.3 Å². The van der Waals surface area contributed by atoms with Crippen LogP contribution in [0.5, 0.6) is 11.5 Å². The summed E-state index contributed by atoms with van der Waals surface area (Å²) in [5, 5.41) is 0.714. The van der Waals surface area contributed by atoms with E-state index in [1.54, 1.807) is 67.9 Å². The molecule has 4 aromatic rings. The highest BCUT2D eigenvalue weighted by molar-refractivity contribution is 5.91. The molecule has 0 atom stereocenters. The summed E-state index contributed by atoms with van der Waals surface area (Å²) in [6, 6.07) is 17.0. The first-order chi connectivity index (χ1) is 13.6. The van der Waals surface area contributed by atoms with Gasteiger partial charge >= 0.3 is 11.6 Å². The Labute approximate surface area is 160 Å². The van der Waals surface area contributed by atoms with Crippen molar-refractivity contribution in [1.29, 1.82) is 0 Å². The number of pyridine rings is 1. The molecular weight excluding hydrogens is 358 g/mol. The molecular formula is C22H15NO5. The first kappa shape index (κ1) is 17.5. The lowest BCUT2D eigenvalue weighted by atomic mass is 10.1. The number of aromatic nitrogens is 1. The molecule has 0 N–H and O–H groups in total. The number of hydrogen-bond donors (Lipinski definition) is 0. The largest absolute Gasteiger partial charge is 0.497 e. The average molecular weight is 373 g/mol. The van der Waals surface area contributed by atoms with Gasteiger partial charge in [0, 0.05) is 23.8 Å². The van der Waals surface area contributed by atoms with E-state index in [2.05, 4.69) is 4.98 Å². The van der Waals surface area contributed by atoms with Crippen LogP contribution in [0.2, 0.25) is 0 Å². The molecule has 28 heavy (non-hydrogen) atoms. The number of carbonyl (C=O) groups is 1. The number of fused-ring (bicyclic) bond motifs is 1. The molecule has 138 valence electrons. The maximum absolute atomic E-state index is 12.4. The summed E-state index contributed by atoms with van der Waals surface area (Å²) in [5.41, 5.74) is 1.35. The third kappa shape index (κ3) is 3.48. The summed E-state index contributed by atoms with van der Waals surface area (Å²) in [7, 11) is 1.58. The lowest BCUT2D eigenvalue weighted by Crippen LogP contribution is -2.08. The summed E-state index contributed by atoms with van der Waals surface area (Å²) < 4.78 is 15.9. The number of esters is 1. The van der Waals surface area contributed by atoms with E-state index in [4.69, 9.17) is 13.9 Å². The number of rotatable bonds is 4. The van der Waals surface area contributed by atoms with Gasteiger partial charge in [0.1, 0.15) is 17.1 Å². The van der Waals surface area contributed by atoms with Gasteiger partial charge in [-0.05, 0) is 48.0 Å². The minimum Gasteiger partial charge on any atom is -0.497 e. The lowest BCUT2D eigenvalue weighted by molar-refractivity contribution is 0.0734. The van der Waals surface area contributed by atoms with Crippen molar-refractivity contribution in [2.24, 2.45) is 0 Å². The standard InChI is InChI=1S/C22H15NO5/c1-26-17-7-4-14(5-8-17)19-11-15-6-9-18(12-20(15)28-22(19)25)27-21(24)16-3-2-10-23-13-16/h2-13H,1H3. The topological polar surface area (TPSA) is 78.6 Å². The molecule has 0 unspecified atom stereocenters. The van der Waals surface area contributed by atoms with Crippen molar-refractivity contribution in [3.05, 3.63) is 89.0 Å². The van der Waals surface area contributed by atoms with E-state index in [9.17, 15) is 9.59 Å². The van der Waals surface area contributed by atoms with Crippen LogP contribution >= 0.6 is 0 Å².